The molecule has 0 unspecified atom stereocenters. The van der Waals surface area contributed by atoms with E-state index in [-0.39, 0.29) is 0 Å². The SMILES string of the molecule is CC.CN(C)CCOc1cccnc1C1CCNCC1.CNC(=O)N1CC(O)(C(F)(F)F)C1.O=Cc1ccc(Cl)cc1Cl. The molecular weight excluding hydrogens is 610 g/mol. The van der Waals surface area contributed by atoms with E-state index < -0.39 is 30.9 Å². The molecule has 0 aliphatic carbocycles. The fraction of sp³-hybridized carbons (Fsp3) is 0.552. The minimum atomic E-state index is -4.67. The number of likely N-dealkylation sites (N-methyl/N-ethyl adjacent to an activating group) is 1. The Hall–Kier alpha value is -2.64. The third-order valence-corrected chi connectivity index (χ3v) is 6.91. The molecule has 0 atom stereocenters. The zero-order chi connectivity index (χ0) is 32.6. The van der Waals surface area contributed by atoms with Gasteiger partial charge in [0.2, 0.25) is 0 Å². The number of β-amino-alcohol motifs (C(OH)–C–C–N with tert-alkyl or cyclic N) is 1. The first kappa shape index (κ1) is 38.4. The highest BCUT2D eigenvalue weighted by atomic mass is 35.5. The van der Waals surface area contributed by atoms with Crippen LogP contribution in [0.3, 0.4) is 0 Å². The summed E-state index contributed by atoms with van der Waals surface area (Å²) in [6, 6.07) is 8.12. The molecule has 0 spiro atoms. The summed E-state index contributed by atoms with van der Waals surface area (Å²) in [5.41, 5.74) is -1.12. The molecule has 2 aliphatic rings. The van der Waals surface area contributed by atoms with Gasteiger partial charge < -0.3 is 30.3 Å². The van der Waals surface area contributed by atoms with Gasteiger partial charge in [0.15, 0.2) is 11.9 Å². The van der Waals surface area contributed by atoms with Crippen molar-refractivity contribution in [2.24, 2.45) is 0 Å². The molecule has 3 N–H and O–H groups in total. The van der Waals surface area contributed by atoms with Crippen LogP contribution >= 0.6 is 23.2 Å². The van der Waals surface area contributed by atoms with Gasteiger partial charge in [-0.1, -0.05) is 37.0 Å². The van der Waals surface area contributed by atoms with Crippen molar-refractivity contribution in [3.63, 3.8) is 0 Å². The van der Waals surface area contributed by atoms with Gasteiger partial charge in [-0.3, -0.25) is 9.78 Å². The molecule has 2 amide bonds. The van der Waals surface area contributed by atoms with Crippen molar-refractivity contribution in [3.8, 4) is 5.75 Å². The van der Waals surface area contributed by atoms with E-state index in [2.05, 4.69) is 34.6 Å². The number of aromatic nitrogens is 1. The van der Waals surface area contributed by atoms with E-state index in [1.165, 1.54) is 13.1 Å². The summed E-state index contributed by atoms with van der Waals surface area (Å²) in [4.78, 5) is 28.5. The smallest absolute Gasteiger partial charge is 0.420 e. The van der Waals surface area contributed by atoms with E-state index >= 15 is 0 Å². The Morgan fingerprint density at radius 2 is 1.86 bits per heavy atom. The number of amides is 2. The lowest BCUT2D eigenvalue weighted by atomic mass is 9.93. The number of halogens is 5. The first-order chi connectivity index (χ1) is 20.3. The summed E-state index contributed by atoms with van der Waals surface area (Å²) in [7, 11) is 5.42. The molecule has 43 heavy (non-hydrogen) atoms. The third kappa shape index (κ3) is 12.5. The van der Waals surface area contributed by atoms with Crippen LogP contribution in [0.2, 0.25) is 10.0 Å². The number of urea groups is 1. The van der Waals surface area contributed by atoms with Crippen LogP contribution in [-0.4, -0.2) is 104 Å². The fourth-order valence-corrected chi connectivity index (χ4v) is 4.38. The van der Waals surface area contributed by atoms with Gasteiger partial charge in [-0.05, 0) is 70.4 Å². The number of nitrogens with one attached hydrogen (secondary N) is 2. The summed E-state index contributed by atoms with van der Waals surface area (Å²) < 4.78 is 41.9. The minimum absolute atomic E-state index is 0.391. The lowest BCUT2D eigenvalue weighted by Crippen LogP contribution is -2.71. The van der Waals surface area contributed by atoms with E-state index in [0.29, 0.717) is 27.8 Å². The Bertz CT molecular complexity index is 1130. The number of likely N-dealkylation sites (tertiary alicyclic amines) is 1. The molecule has 3 heterocycles. The van der Waals surface area contributed by atoms with E-state index in [1.54, 1.807) is 12.1 Å². The van der Waals surface area contributed by atoms with Crippen LogP contribution in [0, 0.1) is 0 Å². The summed E-state index contributed by atoms with van der Waals surface area (Å²) in [5.74, 6) is 1.51. The normalized spacial score (nSPS) is 15.8. The van der Waals surface area contributed by atoms with Gasteiger partial charge in [0.05, 0.1) is 23.8 Å². The molecule has 2 aromatic rings. The highest BCUT2D eigenvalue weighted by Gasteiger charge is 2.62. The molecule has 0 radical (unpaired) electrons. The van der Waals surface area contributed by atoms with Gasteiger partial charge in [0, 0.05) is 36.3 Å². The largest absolute Gasteiger partial charge is 0.490 e. The Kier molecular flexibility index (Phi) is 16.9. The molecular formula is C29H42Cl2F3N5O4. The van der Waals surface area contributed by atoms with Crippen LogP contribution in [0.25, 0.3) is 0 Å². The average molecular weight is 653 g/mol. The molecule has 9 nitrogen and oxygen atoms in total. The summed E-state index contributed by atoms with van der Waals surface area (Å²) >= 11 is 11.2. The number of rotatable bonds is 6. The lowest BCUT2D eigenvalue weighted by molar-refractivity contribution is -0.294. The first-order valence-corrected chi connectivity index (χ1v) is 14.7. The number of carbonyl (C=O) groups is 2. The van der Waals surface area contributed by atoms with Crippen molar-refractivity contribution in [3.05, 3.63) is 57.8 Å². The number of nitrogens with zero attached hydrogens (tertiary/aromatic N) is 3. The van der Waals surface area contributed by atoms with Crippen LogP contribution in [0.4, 0.5) is 18.0 Å². The van der Waals surface area contributed by atoms with Crippen molar-refractivity contribution in [1.29, 1.82) is 0 Å². The van der Waals surface area contributed by atoms with Crippen LogP contribution in [0.15, 0.2) is 36.5 Å². The van der Waals surface area contributed by atoms with Gasteiger partial charge in [0.25, 0.3) is 0 Å². The van der Waals surface area contributed by atoms with Crippen molar-refractivity contribution in [1.82, 2.24) is 25.4 Å². The molecule has 2 saturated heterocycles. The van der Waals surface area contributed by atoms with E-state index in [4.69, 9.17) is 33.0 Å². The van der Waals surface area contributed by atoms with Gasteiger partial charge in [-0.15, -0.1) is 0 Å². The third-order valence-electron chi connectivity index (χ3n) is 6.34. The van der Waals surface area contributed by atoms with Gasteiger partial charge in [0.1, 0.15) is 12.4 Å². The number of hydrogen-bond acceptors (Lipinski definition) is 7. The number of pyridine rings is 1. The van der Waals surface area contributed by atoms with Crippen molar-refractivity contribution in [2.75, 3.05) is 60.5 Å². The van der Waals surface area contributed by atoms with Crippen LogP contribution in [0.1, 0.15) is 48.7 Å². The molecule has 1 aromatic heterocycles. The average Bonchev–Trinajstić information content (AvgIpc) is 2.97. The minimum Gasteiger partial charge on any atom is -0.490 e. The van der Waals surface area contributed by atoms with E-state index in [9.17, 15) is 22.8 Å². The maximum absolute atomic E-state index is 12.0. The molecule has 0 bridgehead atoms. The molecule has 14 heteroatoms. The number of hydrogen-bond donors (Lipinski definition) is 3. The summed E-state index contributed by atoms with van der Waals surface area (Å²) in [6.45, 7) is 6.42. The molecule has 242 valence electrons. The quantitative estimate of drug-likeness (QED) is 0.366. The molecule has 4 rings (SSSR count). The van der Waals surface area contributed by atoms with Crippen molar-refractivity contribution < 1.29 is 32.6 Å². The second kappa shape index (κ2) is 18.9. The lowest BCUT2D eigenvalue weighted by Gasteiger charge is -2.46. The predicted molar refractivity (Wildman–Crippen MR) is 163 cm³/mol. The Balaban J connectivity index is 0.000000327. The Morgan fingerprint density at radius 1 is 1.23 bits per heavy atom. The topological polar surface area (TPSA) is 107 Å². The monoisotopic (exact) mass is 651 g/mol. The Morgan fingerprint density at radius 3 is 2.37 bits per heavy atom. The second-order valence-corrected chi connectivity index (χ2v) is 10.6. The van der Waals surface area contributed by atoms with Crippen molar-refractivity contribution >= 4 is 35.5 Å². The highest BCUT2D eigenvalue weighted by Crippen LogP contribution is 2.37. The zero-order valence-electron chi connectivity index (χ0n) is 25.2. The van der Waals surface area contributed by atoms with Crippen molar-refractivity contribution in [2.45, 2.75) is 44.4 Å². The van der Waals surface area contributed by atoms with Crippen LogP contribution in [0.5, 0.6) is 5.75 Å². The van der Waals surface area contributed by atoms with Gasteiger partial charge >= 0.3 is 12.2 Å². The number of aldehydes is 1. The van der Waals surface area contributed by atoms with E-state index in [1.807, 2.05) is 32.2 Å². The maximum atomic E-state index is 12.0. The molecule has 2 aliphatic heterocycles. The first-order valence-electron chi connectivity index (χ1n) is 13.9. The van der Waals surface area contributed by atoms with Gasteiger partial charge in [-0.25, -0.2) is 4.79 Å². The number of alkyl halides is 3. The zero-order valence-corrected chi connectivity index (χ0v) is 26.7. The highest BCUT2D eigenvalue weighted by molar-refractivity contribution is 6.36. The van der Waals surface area contributed by atoms with Crippen LogP contribution < -0.4 is 15.4 Å². The van der Waals surface area contributed by atoms with Gasteiger partial charge in [-0.2, -0.15) is 13.2 Å². The fourth-order valence-electron chi connectivity index (χ4n) is 3.93. The van der Waals surface area contributed by atoms with E-state index in [0.717, 1.165) is 55.4 Å². The van der Waals surface area contributed by atoms with Crippen LogP contribution in [-0.2, 0) is 0 Å². The Labute approximate surface area is 261 Å². The number of carbonyl (C=O) groups excluding carboxylic acids is 2. The predicted octanol–water partition coefficient (Wildman–Crippen LogP) is 5.26. The summed E-state index contributed by atoms with van der Waals surface area (Å²) in [5, 5.41) is 15.4. The number of ether oxygens (including phenoxy) is 1. The number of aliphatic hydroxyl groups is 1. The number of benzene rings is 1. The second-order valence-electron chi connectivity index (χ2n) is 9.79. The standard InChI is InChI=1S/C14H23N3O.C7H4Cl2O.C6H9F3N2O2.C2H6/c1-17(2)10-11-18-13-4-3-7-16-14(13)12-5-8-15-9-6-12;8-6-2-1-5(4-10)7(9)3-6;1-10-4(12)11-2-5(13,3-11)6(7,8)9;1-2/h3-4,7,12,15H,5-6,8-11H2,1-2H3;1-4H;13H,2-3H2,1H3,(H,10,12);1-2H3. The maximum Gasteiger partial charge on any atom is 0.420 e. The number of piperidine rings is 1. The molecule has 2 fully saturated rings. The molecule has 0 saturated carbocycles. The molecule has 1 aromatic carbocycles. The summed E-state index contributed by atoms with van der Waals surface area (Å²) in [6.07, 6.45) is 0.203.